The van der Waals surface area contributed by atoms with Crippen LogP contribution in [0, 0.1) is 11.7 Å². The molecular formula is C25H25FN4O2S. The second kappa shape index (κ2) is 9.31. The third kappa shape index (κ3) is 4.75. The van der Waals surface area contributed by atoms with Crippen LogP contribution < -0.4 is 14.9 Å². The van der Waals surface area contributed by atoms with Crippen LogP contribution in [0.5, 0.6) is 5.75 Å². The van der Waals surface area contributed by atoms with E-state index >= 15 is 0 Å². The Balaban J connectivity index is 1.58. The summed E-state index contributed by atoms with van der Waals surface area (Å²) in [7, 11) is 0. The Bertz CT molecular complexity index is 1270. The van der Waals surface area contributed by atoms with Gasteiger partial charge in [-0.25, -0.2) is 14.1 Å². The van der Waals surface area contributed by atoms with Crippen LogP contribution in [0.4, 0.5) is 15.8 Å². The van der Waals surface area contributed by atoms with Crippen LogP contribution in [0.1, 0.15) is 39.0 Å². The van der Waals surface area contributed by atoms with Gasteiger partial charge in [-0.2, -0.15) is 5.10 Å². The number of carbonyl (C=O) groups is 1. The fourth-order valence-electron chi connectivity index (χ4n) is 4.20. The van der Waals surface area contributed by atoms with Gasteiger partial charge in [-0.3, -0.25) is 4.79 Å². The number of halogens is 1. The number of amides is 1. The Morgan fingerprint density at radius 1 is 1.18 bits per heavy atom. The quantitative estimate of drug-likeness (QED) is 0.536. The van der Waals surface area contributed by atoms with Gasteiger partial charge in [-0.05, 0) is 74.1 Å². The molecule has 2 aromatic carbocycles. The molecule has 1 saturated carbocycles. The topological polar surface area (TPSA) is 68.0 Å². The second-order valence-corrected chi connectivity index (χ2v) is 9.21. The van der Waals surface area contributed by atoms with E-state index in [1.54, 1.807) is 12.1 Å². The van der Waals surface area contributed by atoms with Crippen molar-refractivity contribution in [3.8, 4) is 17.0 Å². The molecule has 0 saturated heterocycles. The van der Waals surface area contributed by atoms with Crippen LogP contribution in [0.15, 0.2) is 57.9 Å². The molecule has 1 N–H and O–H groups in total. The number of nitrogens with zero attached hydrogens (tertiary/aromatic N) is 3. The van der Waals surface area contributed by atoms with Crippen molar-refractivity contribution < 1.29 is 13.9 Å². The molecule has 6 nitrogen and oxygen atoms in total. The Morgan fingerprint density at radius 2 is 1.97 bits per heavy atom. The fourth-order valence-corrected chi connectivity index (χ4v) is 5.05. The highest BCUT2D eigenvalue weighted by Crippen LogP contribution is 2.33. The average Bonchev–Trinajstić information content (AvgIpc) is 3.22. The molecule has 2 aliphatic rings. The highest BCUT2D eigenvalue weighted by molar-refractivity contribution is 7.07. The zero-order chi connectivity index (χ0) is 22.8. The standard InChI is InChI=1S/C25H25FN4O2S/c1-2-16-3-8-20(9-4-16)29-30-22(15-33-25(30)27-19-10-6-18(26)7-11-19)17-5-12-23-21(13-17)28-24(31)14-32-23/h5-7,10-13,15-16H,2-4,8-9,14H2,1H3,(H,28,31). The van der Waals surface area contributed by atoms with Crippen LogP contribution >= 0.6 is 11.3 Å². The van der Waals surface area contributed by atoms with Gasteiger partial charge in [0.15, 0.2) is 6.61 Å². The first-order valence-electron chi connectivity index (χ1n) is 11.2. The summed E-state index contributed by atoms with van der Waals surface area (Å²) in [6, 6.07) is 11.9. The Kier molecular flexibility index (Phi) is 6.09. The first-order chi connectivity index (χ1) is 16.1. The molecule has 1 aliphatic heterocycles. The third-order valence-electron chi connectivity index (χ3n) is 6.15. The van der Waals surface area contributed by atoms with Crippen molar-refractivity contribution in [2.75, 3.05) is 11.9 Å². The summed E-state index contributed by atoms with van der Waals surface area (Å²) in [5.41, 5.74) is 4.26. The lowest BCUT2D eigenvalue weighted by Gasteiger charge is -2.22. The summed E-state index contributed by atoms with van der Waals surface area (Å²) in [5.74, 6) is 0.960. The maximum Gasteiger partial charge on any atom is 0.262 e. The molecule has 1 aromatic heterocycles. The van der Waals surface area contributed by atoms with Crippen molar-refractivity contribution in [2.45, 2.75) is 39.0 Å². The molecule has 8 heteroatoms. The van der Waals surface area contributed by atoms with Crippen LogP contribution in [0.25, 0.3) is 11.3 Å². The molecule has 1 amide bonds. The SMILES string of the molecule is CCC1CCC(=Nn2c(-c3ccc4c(c3)NC(=O)CO4)csc2=Nc2ccc(F)cc2)CC1. The molecule has 5 rings (SSSR count). The minimum atomic E-state index is -0.292. The van der Waals surface area contributed by atoms with Crippen molar-refractivity contribution >= 4 is 34.3 Å². The van der Waals surface area contributed by atoms with Gasteiger partial charge in [0.1, 0.15) is 11.6 Å². The third-order valence-corrected chi connectivity index (χ3v) is 6.96. The van der Waals surface area contributed by atoms with E-state index in [2.05, 4.69) is 12.2 Å². The summed E-state index contributed by atoms with van der Waals surface area (Å²) in [6.07, 6.45) is 5.47. The summed E-state index contributed by atoms with van der Waals surface area (Å²) in [4.78, 5) is 17.2. The zero-order valence-electron chi connectivity index (χ0n) is 18.4. The number of benzene rings is 2. The number of aromatic nitrogens is 1. The van der Waals surface area contributed by atoms with Gasteiger partial charge < -0.3 is 10.1 Å². The predicted octanol–water partition coefficient (Wildman–Crippen LogP) is 5.72. The lowest BCUT2D eigenvalue weighted by molar-refractivity contribution is -0.118. The lowest BCUT2D eigenvalue weighted by atomic mass is 9.86. The number of hydrogen-bond donors (Lipinski definition) is 1. The summed E-state index contributed by atoms with van der Waals surface area (Å²) >= 11 is 1.48. The summed E-state index contributed by atoms with van der Waals surface area (Å²) < 4.78 is 20.7. The lowest BCUT2D eigenvalue weighted by Crippen LogP contribution is -2.25. The van der Waals surface area contributed by atoms with E-state index in [4.69, 9.17) is 14.8 Å². The Morgan fingerprint density at radius 3 is 2.73 bits per heavy atom. The van der Waals surface area contributed by atoms with E-state index in [0.29, 0.717) is 21.9 Å². The second-order valence-electron chi connectivity index (χ2n) is 8.37. The predicted molar refractivity (Wildman–Crippen MR) is 129 cm³/mol. The molecule has 170 valence electrons. The van der Waals surface area contributed by atoms with Crippen molar-refractivity contribution in [2.24, 2.45) is 16.0 Å². The molecule has 0 atom stereocenters. The number of carbonyl (C=O) groups excluding carboxylic acids is 1. The van der Waals surface area contributed by atoms with Crippen molar-refractivity contribution in [3.63, 3.8) is 0 Å². The zero-order valence-corrected chi connectivity index (χ0v) is 19.2. The van der Waals surface area contributed by atoms with E-state index < -0.39 is 0 Å². The largest absolute Gasteiger partial charge is 0.482 e. The Hall–Kier alpha value is -3.26. The molecule has 2 heterocycles. The summed E-state index contributed by atoms with van der Waals surface area (Å²) in [5, 5.41) is 9.90. The minimum absolute atomic E-state index is 0.0257. The highest BCUT2D eigenvalue weighted by atomic mass is 32.1. The summed E-state index contributed by atoms with van der Waals surface area (Å²) in [6.45, 7) is 2.27. The molecule has 0 spiro atoms. The molecule has 1 fully saturated rings. The van der Waals surface area contributed by atoms with Gasteiger partial charge in [-0.15, -0.1) is 11.3 Å². The van der Waals surface area contributed by atoms with E-state index in [-0.39, 0.29) is 18.3 Å². The monoisotopic (exact) mass is 464 g/mol. The number of fused-ring (bicyclic) bond motifs is 1. The molecule has 0 radical (unpaired) electrons. The van der Waals surface area contributed by atoms with Crippen LogP contribution in [0.3, 0.4) is 0 Å². The van der Waals surface area contributed by atoms with Crippen molar-refractivity contribution in [1.82, 2.24) is 4.68 Å². The average molecular weight is 465 g/mol. The van der Waals surface area contributed by atoms with Gasteiger partial charge in [0.25, 0.3) is 5.91 Å². The smallest absolute Gasteiger partial charge is 0.262 e. The van der Waals surface area contributed by atoms with Crippen molar-refractivity contribution in [3.05, 3.63) is 58.5 Å². The number of nitrogens with one attached hydrogen (secondary N) is 1. The molecule has 3 aromatic rings. The number of thiazole rings is 1. The molecule has 33 heavy (non-hydrogen) atoms. The van der Waals surface area contributed by atoms with Crippen molar-refractivity contribution in [1.29, 1.82) is 0 Å². The molecule has 1 aliphatic carbocycles. The molecular weight excluding hydrogens is 439 g/mol. The number of anilines is 1. The normalized spacial score (nSPS) is 18.5. The van der Waals surface area contributed by atoms with Gasteiger partial charge in [0.05, 0.1) is 17.1 Å². The minimum Gasteiger partial charge on any atom is -0.482 e. The van der Waals surface area contributed by atoms with Gasteiger partial charge >= 0.3 is 0 Å². The maximum absolute atomic E-state index is 13.4. The number of ether oxygens (including phenoxy) is 1. The van der Waals surface area contributed by atoms with Crippen LogP contribution in [-0.2, 0) is 4.79 Å². The van der Waals surface area contributed by atoms with E-state index in [1.807, 2.05) is 28.3 Å². The number of hydrogen-bond acceptors (Lipinski definition) is 5. The first-order valence-corrected chi connectivity index (χ1v) is 12.1. The fraction of sp³-hybridized carbons (Fsp3) is 0.320. The maximum atomic E-state index is 13.4. The highest BCUT2D eigenvalue weighted by Gasteiger charge is 2.20. The van der Waals surface area contributed by atoms with Gasteiger partial charge in [0, 0.05) is 16.7 Å². The molecule has 0 unspecified atom stereocenters. The first kappa shape index (κ1) is 21.6. The number of rotatable bonds is 4. The van der Waals surface area contributed by atoms with Crippen LogP contribution in [-0.4, -0.2) is 22.9 Å². The Labute approximate surface area is 195 Å². The van der Waals surface area contributed by atoms with E-state index in [0.717, 1.165) is 48.6 Å². The van der Waals surface area contributed by atoms with E-state index in [9.17, 15) is 9.18 Å². The molecule has 0 bridgehead atoms. The van der Waals surface area contributed by atoms with Crippen LogP contribution in [0.2, 0.25) is 0 Å². The van der Waals surface area contributed by atoms with Gasteiger partial charge in [-0.1, -0.05) is 13.3 Å². The van der Waals surface area contributed by atoms with E-state index in [1.165, 1.54) is 29.9 Å². The van der Waals surface area contributed by atoms with Gasteiger partial charge in [0.2, 0.25) is 4.80 Å².